The maximum atomic E-state index is 3.11. The number of hydrogen-bond donors (Lipinski definition) is 1. The molecule has 1 aliphatic rings. The van der Waals surface area contributed by atoms with Crippen LogP contribution in [0.5, 0.6) is 0 Å². The summed E-state index contributed by atoms with van der Waals surface area (Å²) in [6, 6.07) is 0. The highest BCUT2D eigenvalue weighted by Gasteiger charge is 2.01. The van der Waals surface area contributed by atoms with Crippen molar-refractivity contribution in [3.63, 3.8) is 0 Å². The van der Waals surface area contributed by atoms with Crippen LogP contribution >= 0.6 is 11.9 Å². The number of likely N-dealkylation sites (N-methyl/N-ethyl adjacent to an activating group) is 1. The second-order valence-corrected chi connectivity index (χ2v) is 2.99. The van der Waals surface area contributed by atoms with Crippen LogP contribution in [-0.2, 0) is 0 Å². The molecule has 0 saturated heterocycles. The topological polar surface area (TPSA) is 15.3 Å². The molecule has 0 aromatic carbocycles. The quantitative estimate of drug-likeness (QED) is 0.586. The van der Waals surface area contributed by atoms with E-state index in [2.05, 4.69) is 21.9 Å². The van der Waals surface area contributed by atoms with E-state index in [-0.39, 0.29) is 0 Å². The van der Waals surface area contributed by atoms with Crippen molar-refractivity contribution in [1.82, 2.24) is 9.62 Å². The Morgan fingerprint density at radius 2 is 2.67 bits per heavy atom. The lowest BCUT2D eigenvalue weighted by Crippen LogP contribution is -2.20. The lowest BCUT2D eigenvalue weighted by Gasteiger charge is -2.12. The molecule has 1 aliphatic heterocycles. The lowest BCUT2D eigenvalue weighted by atomic mass is 10.6. The van der Waals surface area contributed by atoms with Gasteiger partial charge in [0, 0.05) is 25.0 Å². The second kappa shape index (κ2) is 3.80. The number of nitrogens with zero attached hydrogens (tertiary/aromatic N) is 1. The Kier molecular flexibility index (Phi) is 2.94. The van der Waals surface area contributed by atoms with Crippen molar-refractivity contribution in [1.29, 1.82) is 0 Å². The summed E-state index contributed by atoms with van der Waals surface area (Å²) < 4.78 is 2.25. The summed E-state index contributed by atoms with van der Waals surface area (Å²) in [5, 5.41) is 3.11. The van der Waals surface area contributed by atoms with Gasteiger partial charge in [0.15, 0.2) is 0 Å². The van der Waals surface area contributed by atoms with Crippen molar-refractivity contribution in [2.45, 2.75) is 0 Å². The van der Waals surface area contributed by atoms with E-state index < -0.39 is 0 Å². The molecule has 52 valence electrons. The molecule has 0 spiro atoms. The van der Waals surface area contributed by atoms with E-state index in [0.29, 0.717) is 0 Å². The third-order valence-electron chi connectivity index (χ3n) is 1.19. The van der Waals surface area contributed by atoms with Gasteiger partial charge in [-0.25, -0.2) is 0 Å². The zero-order valence-electron chi connectivity index (χ0n) is 5.63. The van der Waals surface area contributed by atoms with Crippen LogP contribution in [0.4, 0.5) is 0 Å². The molecule has 0 aromatic heterocycles. The molecule has 0 amide bonds. The van der Waals surface area contributed by atoms with Crippen LogP contribution in [0.25, 0.3) is 0 Å². The third-order valence-corrected chi connectivity index (χ3v) is 2.17. The fraction of sp³-hybridized carbons (Fsp3) is 0.667. The molecule has 0 radical (unpaired) electrons. The average molecular weight is 144 g/mol. The van der Waals surface area contributed by atoms with Crippen LogP contribution in [0.15, 0.2) is 12.3 Å². The fourth-order valence-corrected chi connectivity index (χ4v) is 1.46. The zero-order chi connectivity index (χ0) is 6.53. The summed E-state index contributed by atoms with van der Waals surface area (Å²) in [6.07, 6.45) is 4.32. The van der Waals surface area contributed by atoms with Gasteiger partial charge >= 0.3 is 0 Å². The first-order valence-corrected chi connectivity index (χ1v) is 4.08. The van der Waals surface area contributed by atoms with Gasteiger partial charge in [-0.3, -0.25) is 0 Å². The summed E-state index contributed by atoms with van der Waals surface area (Å²) in [5.74, 6) is 1.14. The van der Waals surface area contributed by atoms with E-state index >= 15 is 0 Å². The molecule has 9 heavy (non-hydrogen) atoms. The molecular formula is C6H12N2S. The van der Waals surface area contributed by atoms with Crippen molar-refractivity contribution in [2.75, 3.05) is 25.9 Å². The summed E-state index contributed by atoms with van der Waals surface area (Å²) in [4.78, 5) is 0. The van der Waals surface area contributed by atoms with Crippen LogP contribution in [0.1, 0.15) is 0 Å². The van der Waals surface area contributed by atoms with Crippen molar-refractivity contribution in [2.24, 2.45) is 0 Å². The minimum Gasteiger partial charge on any atom is -0.322 e. The molecule has 0 fully saturated rings. The zero-order valence-corrected chi connectivity index (χ0v) is 6.45. The number of hydrogen-bond acceptors (Lipinski definition) is 3. The lowest BCUT2D eigenvalue weighted by molar-refractivity contribution is 0.597. The van der Waals surface area contributed by atoms with Crippen LogP contribution < -0.4 is 5.32 Å². The van der Waals surface area contributed by atoms with Crippen molar-refractivity contribution in [3.8, 4) is 0 Å². The van der Waals surface area contributed by atoms with Gasteiger partial charge in [0.2, 0.25) is 0 Å². The molecule has 3 heteroatoms. The van der Waals surface area contributed by atoms with Gasteiger partial charge in [-0.1, -0.05) is 6.08 Å². The van der Waals surface area contributed by atoms with Gasteiger partial charge in [-0.2, -0.15) is 0 Å². The van der Waals surface area contributed by atoms with Crippen LogP contribution in [-0.4, -0.2) is 30.2 Å². The Labute approximate surface area is 60.4 Å². The monoisotopic (exact) mass is 144 g/mol. The maximum absolute atomic E-state index is 3.11. The van der Waals surface area contributed by atoms with Gasteiger partial charge in [-0.15, -0.1) is 0 Å². The molecule has 0 atom stereocenters. The summed E-state index contributed by atoms with van der Waals surface area (Å²) in [7, 11) is 1.98. The Bertz CT molecular complexity index is 103. The molecule has 0 saturated carbocycles. The van der Waals surface area contributed by atoms with Crippen LogP contribution in [0, 0.1) is 0 Å². The predicted molar refractivity (Wildman–Crippen MR) is 42.2 cm³/mol. The maximum Gasteiger partial charge on any atom is 0.0414 e. The summed E-state index contributed by atoms with van der Waals surface area (Å²) in [6.45, 7) is 2.18. The smallest absolute Gasteiger partial charge is 0.0414 e. The highest BCUT2D eigenvalue weighted by Crippen LogP contribution is 2.15. The van der Waals surface area contributed by atoms with Gasteiger partial charge < -0.3 is 9.62 Å². The van der Waals surface area contributed by atoms with Crippen molar-refractivity contribution in [3.05, 3.63) is 12.3 Å². The summed E-state index contributed by atoms with van der Waals surface area (Å²) in [5.41, 5.74) is 0. The normalized spacial score (nSPS) is 17.2. The molecule has 2 nitrogen and oxygen atoms in total. The number of nitrogens with one attached hydrogen (secondary N) is 1. The minimum absolute atomic E-state index is 1.07. The van der Waals surface area contributed by atoms with E-state index in [1.807, 2.05) is 19.0 Å². The molecule has 1 N–H and O–H groups in total. The van der Waals surface area contributed by atoms with E-state index in [1.165, 1.54) is 0 Å². The van der Waals surface area contributed by atoms with Crippen LogP contribution in [0.3, 0.4) is 0 Å². The highest BCUT2D eigenvalue weighted by atomic mass is 32.2. The second-order valence-electron chi connectivity index (χ2n) is 1.92. The first kappa shape index (κ1) is 6.96. The number of rotatable bonds is 3. The van der Waals surface area contributed by atoms with E-state index in [0.717, 1.165) is 18.8 Å². The SMILES string of the molecule is CNCCN1C=CCS1. The molecule has 0 aromatic rings. The Morgan fingerprint density at radius 1 is 1.78 bits per heavy atom. The first-order valence-electron chi connectivity index (χ1n) is 3.14. The highest BCUT2D eigenvalue weighted by molar-refractivity contribution is 7.97. The Balaban J connectivity index is 2.05. The van der Waals surface area contributed by atoms with Crippen molar-refractivity contribution < 1.29 is 0 Å². The molecule has 1 heterocycles. The van der Waals surface area contributed by atoms with Crippen molar-refractivity contribution >= 4 is 11.9 Å². The minimum atomic E-state index is 1.07. The van der Waals surface area contributed by atoms with E-state index in [1.54, 1.807) is 0 Å². The first-order chi connectivity index (χ1) is 4.43. The van der Waals surface area contributed by atoms with Gasteiger partial charge in [0.25, 0.3) is 0 Å². The average Bonchev–Trinajstić information content (AvgIpc) is 2.34. The fourth-order valence-electron chi connectivity index (χ4n) is 0.703. The largest absolute Gasteiger partial charge is 0.322 e. The predicted octanol–water partition coefficient (Wildman–Crippen LogP) is 0.683. The van der Waals surface area contributed by atoms with E-state index in [9.17, 15) is 0 Å². The summed E-state index contributed by atoms with van der Waals surface area (Å²) >= 11 is 1.86. The third kappa shape index (κ3) is 2.28. The molecule has 1 rings (SSSR count). The molecule has 0 bridgehead atoms. The standard InChI is InChI=1S/C6H12N2S/c1-7-3-5-8-4-2-6-9-8/h2,4,7H,3,5-6H2,1H3. The van der Waals surface area contributed by atoms with Gasteiger partial charge in [0.05, 0.1) is 0 Å². The Morgan fingerprint density at radius 3 is 3.22 bits per heavy atom. The van der Waals surface area contributed by atoms with E-state index in [4.69, 9.17) is 0 Å². The molecule has 0 aliphatic carbocycles. The Hall–Kier alpha value is -0.150. The van der Waals surface area contributed by atoms with Gasteiger partial charge in [0.1, 0.15) is 0 Å². The molecular weight excluding hydrogens is 132 g/mol. The van der Waals surface area contributed by atoms with Gasteiger partial charge in [-0.05, 0) is 19.0 Å². The molecule has 0 unspecified atom stereocenters. The van der Waals surface area contributed by atoms with Crippen LogP contribution in [0.2, 0.25) is 0 Å².